The number of carbonyl (C=O) groups excluding carboxylic acids is 3. The molecule has 1 aromatic carbocycles. The number of amides is 2. The van der Waals surface area contributed by atoms with Gasteiger partial charge in [-0.1, -0.05) is 36.4 Å². The van der Waals surface area contributed by atoms with Crippen LogP contribution in [0.4, 0.5) is 4.79 Å². The van der Waals surface area contributed by atoms with Gasteiger partial charge in [0.05, 0.1) is 7.11 Å². The first-order valence-electron chi connectivity index (χ1n) is 9.66. The quantitative estimate of drug-likeness (QED) is 0.478. The molecule has 1 aromatic rings. The summed E-state index contributed by atoms with van der Waals surface area (Å²) in [6, 6.07) is 8.92. The van der Waals surface area contributed by atoms with Gasteiger partial charge in [-0.3, -0.25) is 4.79 Å². The first-order valence-corrected chi connectivity index (χ1v) is 9.66. The summed E-state index contributed by atoms with van der Waals surface area (Å²) >= 11 is 0. The molecule has 0 aliphatic rings. The van der Waals surface area contributed by atoms with Crippen LogP contribution in [0.2, 0.25) is 0 Å². The highest BCUT2D eigenvalue weighted by Gasteiger charge is 2.26. The summed E-state index contributed by atoms with van der Waals surface area (Å²) in [5.41, 5.74) is 0.437. The van der Waals surface area contributed by atoms with Crippen LogP contribution in [0, 0.1) is 0 Å². The van der Waals surface area contributed by atoms with Crippen molar-refractivity contribution in [2.45, 2.75) is 51.7 Å². The Kier molecular flexibility index (Phi) is 9.92. The Morgan fingerprint density at radius 1 is 1.21 bits per heavy atom. The number of ether oxygens (including phenoxy) is 2. The number of alkyl carbamates (subject to hydrolysis) is 1. The van der Waals surface area contributed by atoms with Crippen molar-refractivity contribution < 1.29 is 23.9 Å². The lowest BCUT2D eigenvalue weighted by Gasteiger charge is -2.24. The highest BCUT2D eigenvalue weighted by Crippen LogP contribution is 2.10. The fourth-order valence-electron chi connectivity index (χ4n) is 2.65. The van der Waals surface area contributed by atoms with Crippen molar-refractivity contribution >= 4 is 18.0 Å². The van der Waals surface area contributed by atoms with Crippen LogP contribution in [0.3, 0.4) is 0 Å². The van der Waals surface area contributed by atoms with E-state index in [4.69, 9.17) is 9.47 Å². The van der Waals surface area contributed by atoms with Crippen molar-refractivity contribution in [1.82, 2.24) is 10.2 Å². The number of carbonyl (C=O) groups is 3. The second kappa shape index (κ2) is 11.9. The van der Waals surface area contributed by atoms with Crippen molar-refractivity contribution in [2.75, 3.05) is 20.2 Å². The van der Waals surface area contributed by atoms with Crippen molar-refractivity contribution in [2.24, 2.45) is 0 Å². The van der Waals surface area contributed by atoms with Crippen LogP contribution < -0.4 is 5.32 Å². The SMILES string of the molecule is C=CCN(CCc1ccccc1)C(=O)CCC(NC(=O)OC(C)(C)C)C(=O)OC. The number of methoxy groups -OCH3 is 1. The Morgan fingerprint density at radius 3 is 2.41 bits per heavy atom. The monoisotopic (exact) mass is 404 g/mol. The van der Waals surface area contributed by atoms with Gasteiger partial charge >= 0.3 is 12.1 Å². The fourth-order valence-corrected chi connectivity index (χ4v) is 2.65. The molecule has 0 aromatic heterocycles. The van der Waals surface area contributed by atoms with Crippen LogP contribution in [-0.2, 0) is 25.5 Å². The molecule has 1 N–H and O–H groups in total. The highest BCUT2D eigenvalue weighted by atomic mass is 16.6. The molecule has 2 amide bonds. The molecule has 0 saturated carbocycles. The normalized spacial score (nSPS) is 11.9. The first-order chi connectivity index (χ1) is 13.7. The average molecular weight is 405 g/mol. The first kappa shape index (κ1) is 24.2. The summed E-state index contributed by atoms with van der Waals surface area (Å²) < 4.78 is 9.92. The number of hydrogen-bond donors (Lipinski definition) is 1. The van der Waals surface area contributed by atoms with Gasteiger partial charge in [0.25, 0.3) is 0 Å². The maximum atomic E-state index is 12.7. The standard InChI is InChI=1S/C22H32N2O5/c1-6-15-24(16-14-17-10-8-7-9-11-17)19(25)13-12-18(20(26)28-5)23-21(27)29-22(2,3)4/h6-11,18H,1,12-16H2,2-5H3,(H,23,27). The zero-order chi connectivity index (χ0) is 21.9. The van der Waals surface area contributed by atoms with E-state index in [0.717, 1.165) is 12.0 Å². The molecule has 0 aliphatic heterocycles. The second-order valence-electron chi connectivity index (χ2n) is 7.62. The minimum Gasteiger partial charge on any atom is -0.467 e. The number of rotatable bonds is 10. The van der Waals surface area contributed by atoms with E-state index in [1.807, 2.05) is 30.3 Å². The van der Waals surface area contributed by atoms with E-state index in [9.17, 15) is 14.4 Å². The smallest absolute Gasteiger partial charge is 0.408 e. The van der Waals surface area contributed by atoms with Gasteiger partial charge in [0, 0.05) is 19.5 Å². The van der Waals surface area contributed by atoms with E-state index >= 15 is 0 Å². The van der Waals surface area contributed by atoms with Crippen molar-refractivity contribution in [3.05, 3.63) is 48.6 Å². The van der Waals surface area contributed by atoms with Crippen LogP contribution in [0.25, 0.3) is 0 Å². The number of benzene rings is 1. The third-order valence-corrected chi connectivity index (χ3v) is 4.04. The molecule has 1 unspecified atom stereocenters. The van der Waals surface area contributed by atoms with E-state index in [0.29, 0.717) is 13.1 Å². The molecular weight excluding hydrogens is 372 g/mol. The molecule has 7 nitrogen and oxygen atoms in total. The summed E-state index contributed by atoms with van der Waals surface area (Å²) in [7, 11) is 1.23. The van der Waals surface area contributed by atoms with E-state index in [-0.39, 0.29) is 18.7 Å². The van der Waals surface area contributed by atoms with Crippen molar-refractivity contribution in [1.29, 1.82) is 0 Å². The molecule has 0 aliphatic carbocycles. The number of esters is 1. The molecule has 7 heteroatoms. The topological polar surface area (TPSA) is 84.9 Å². The van der Waals surface area contributed by atoms with Gasteiger partial charge in [0.1, 0.15) is 11.6 Å². The van der Waals surface area contributed by atoms with Gasteiger partial charge < -0.3 is 19.7 Å². The number of nitrogens with zero attached hydrogens (tertiary/aromatic N) is 1. The Balaban J connectivity index is 2.66. The lowest BCUT2D eigenvalue weighted by Crippen LogP contribution is -2.45. The molecule has 0 heterocycles. The summed E-state index contributed by atoms with van der Waals surface area (Å²) in [6.45, 7) is 9.83. The molecule has 0 bridgehead atoms. The van der Waals surface area contributed by atoms with Gasteiger partial charge in [-0.15, -0.1) is 6.58 Å². The molecule has 0 saturated heterocycles. The lowest BCUT2D eigenvalue weighted by molar-refractivity contribution is -0.143. The predicted molar refractivity (Wildman–Crippen MR) is 111 cm³/mol. The maximum absolute atomic E-state index is 12.7. The van der Waals surface area contributed by atoms with E-state index in [1.54, 1.807) is 31.7 Å². The van der Waals surface area contributed by atoms with Gasteiger partial charge in [0.15, 0.2) is 0 Å². The highest BCUT2D eigenvalue weighted by molar-refractivity contribution is 5.83. The Morgan fingerprint density at radius 2 is 1.86 bits per heavy atom. The number of hydrogen-bond acceptors (Lipinski definition) is 5. The summed E-state index contributed by atoms with van der Waals surface area (Å²) in [5, 5.41) is 2.48. The molecule has 0 spiro atoms. The van der Waals surface area contributed by atoms with Crippen LogP contribution in [-0.4, -0.2) is 54.7 Å². The lowest BCUT2D eigenvalue weighted by atomic mass is 10.1. The predicted octanol–water partition coefficient (Wildman–Crippen LogP) is 3.09. The van der Waals surface area contributed by atoms with Crippen LogP contribution >= 0.6 is 0 Å². The van der Waals surface area contributed by atoms with Crippen LogP contribution in [0.5, 0.6) is 0 Å². The molecule has 1 atom stereocenters. The Labute approximate surface area is 173 Å². The molecule has 0 radical (unpaired) electrons. The fraction of sp³-hybridized carbons (Fsp3) is 0.500. The van der Waals surface area contributed by atoms with Gasteiger partial charge in [-0.2, -0.15) is 0 Å². The van der Waals surface area contributed by atoms with Gasteiger partial charge in [0.2, 0.25) is 5.91 Å². The molecular formula is C22H32N2O5. The maximum Gasteiger partial charge on any atom is 0.408 e. The summed E-state index contributed by atoms with van der Waals surface area (Å²) in [5.74, 6) is -0.746. The summed E-state index contributed by atoms with van der Waals surface area (Å²) in [4.78, 5) is 38.3. The van der Waals surface area contributed by atoms with E-state index in [1.165, 1.54) is 7.11 Å². The van der Waals surface area contributed by atoms with Crippen molar-refractivity contribution in [3.8, 4) is 0 Å². The minimum atomic E-state index is -0.960. The van der Waals surface area contributed by atoms with Crippen LogP contribution in [0.1, 0.15) is 39.2 Å². The Hall–Kier alpha value is -2.83. The zero-order valence-corrected chi connectivity index (χ0v) is 17.8. The largest absolute Gasteiger partial charge is 0.467 e. The van der Waals surface area contributed by atoms with Gasteiger partial charge in [-0.25, -0.2) is 9.59 Å². The van der Waals surface area contributed by atoms with Crippen molar-refractivity contribution in [3.63, 3.8) is 0 Å². The molecule has 29 heavy (non-hydrogen) atoms. The third-order valence-electron chi connectivity index (χ3n) is 4.04. The molecule has 0 fully saturated rings. The third kappa shape index (κ3) is 9.78. The summed E-state index contributed by atoms with van der Waals surface area (Å²) in [6.07, 6.45) is 1.85. The Bertz CT molecular complexity index is 682. The average Bonchev–Trinajstić information content (AvgIpc) is 2.66. The van der Waals surface area contributed by atoms with E-state index < -0.39 is 23.7 Å². The number of nitrogens with one attached hydrogen (secondary N) is 1. The zero-order valence-electron chi connectivity index (χ0n) is 17.8. The molecule has 1 rings (SSSR count). The van der Waals surface area contributed by atoms with E-state index in [2.05, 4.69) is 11.9 Å². The molecule has 160 valence electrons. The van der Waals surface area contributed by atoms with Crippen LogP contribution in [0.15, 0.2) is 43.0 Å². The van der Waals surface area contributed by atoms with Gasteiger partial charge in [-0.05, 0) is 39.2 Å². The minimum absolute atomic E-state index is 0.0815. The second-order valence-corrected chi connectivity index (χ2v) is 7.62.